The van der Waals surface area contributed by atoms with Crippen LogP contribution in [0.15, 0.2) is 43.2 Å². The van der Waals surface area contributed by atoms with E-state index in [-0.39, 0.29) is 24.8 Å². The third-order valence-electron chi connectivity index (χ3n) is 5.59. The molecule has 138 valence electrons. The van der Waals surface area contributed by atoms with Gasteiger partial charge in [-0.05, 0) is 0 Å². The summed E-state index contributed by atoms with van der Waals surface area (Å²) < 4.78 is 3.74. The van der Waals surface area contributed by atoms with Gasteiger partial charge < -0.3 is 0 Å². The fourth-order valence-corrected chi connectivity index (χ4v) is 14.1. The Morgan fingerprint density at radius 3 is 1.54 bits per heavy atom. The number of halogens is 2. The van der Waals surface area contributed by atoms with Crippen molar-refractivity contribution in [1.29, 1.82) is 0 Å². The molecule has 0 heterocycles. The summed E-state index contributed by atoms with van der Waals surface area (Å²) in [5, 5.41) is 5.36. The topological polar surface area (TPSA) is 0 Å². The second kappa shape index (κ2) is 9.97. The van der Waals surface area contributed by atoms with Gasteiger partial charge in [0.05, 0.1) is 0 Å². The molecule has 0 unspecified atom stereocenters. The SMILES string of the molecule is CCCCC1=[C]([Ti]([CH3])([CH3])(=[SiH2])[C]2=C(CCCC)C=CC2)CC=C1.Cl.Cl. The molecule has 0 saturated carbocycles. The van der Waals surface area contributed by atoms with Crippen LogP contribution in [-0.2, 0) is 14.0 Å². The van der Waals surface area contributed by atoms with Crippen LogP contribution in [0.4, 0.5) is 0 Å². The van der Waals surface area contributed by atoms with Crippen molar-refractivity contribution in [1.82, 2.24) is 0 Å². The molecule has 0 aliphatic heterocycles. The first kappa shape index (κ1) is 24.5. The van der Waals surface area contributed by atoms with Gasteiger partial charge in [-0.3, -0.25) is 0 Å². The van der Waals surface area contributed by atoms with Crippen molar-refractivity contribution in [2.75, 3.05) is 0 Å². The first-order chi connectivity index (χ1) is 10.4. The van der Waals surface area contributed by atoms with Gasteiger partial charge in [-0.2, -0.15) is 0 Å². The first-order valence-corrected chi connectivity index (χ1v) is 17.9. The smallest absolute Gasteiger partial charge is 0.147 e. The molecule has 2 rings (SSSR count). The molecular weight excluding hydrogens is 387 g/mol. The Labute approximate surface area is 164 Å². The average molecular weight is 423 g/mol. The molecule has 0 amide bonds. The van der Waals surface area contributed by atoms with Crippen molar-refractivity contribution < 1.29 is 14.0 Å². The van der Waals surface area contributed by atoms with Gasteiger partial charge in [0.25, 0.3) is 0 Å². The van der Waals surface area contributed by atoms with Crippen LogP contribution in [0.3, 0.4) is 0 Å². The maximum atomic E-state index is 2.68. The van der Waals surface area contributed by atoms with Gasteiger partial charge in [0.15, 0.2) is 0 Å². The Hall–Kier alpha value is 0.471. The van der Waals surface area contributed by atoms with Crippen LogP contribution in [0, 0.1) is 0 Å². The van der Waals surface area contributed by atoms with E-state index in [1.54, 1.807) is 11.1 Å². The van der Waals surface area contributed by atoms with Crippen LogP contribution in [0.1, 0.15) is 65.2 Å². The number of unbranched alkanes of at least 4 members (excludes halogenated alkanes) is 2. The summed E-state index contributed by atoms with van der Waals surface area (Å²) in [5.41, 5.74) is 3.40. The Balaban J connectivity index is 0.00000264. The zero-order chi connectivity index (χ0) is 16.2. The normalized spacial score (nSPS) is 17.4. The molecule has 24 heavy (non-hydrogen) atoms. The maximum Gasteiger partial charge on any atom is -0.147 e. The summed E-state index contributed by atoms with van der Waals surface area (Å²) in [5.74, 6) is 0. The molecule has 0 atom stereocenters. The minimum absolute atomic E-state index is 0. The van der Waals surface area contributed by atoms with Gasteiger partial charge in [-0.25, -0.2) is 0 Å². The number of allylic oxidation sites excluding steroid dienone is 8. The predicted molar refractivity (Wildman–Crippen MR) is 115 cm³/mol. The van der Waals surface area contributed by atoms with Crippen molar-refractivity contribution in [2.45, 2.75) is 75.7 Å². The van der Waals surface area contributed by atoms with Gasteiger partial charge in [0.1, 0.15) is 0 Å². The summed E-state index contributed by atoms with van der Waals surface area (Å²) in [4.78, 5) is 0. The van der Waals surface area contributed by atoms with Gasteiger partial charge in [-0.15, -0.1) is 24.8 Å². The van der Waals surface area contributed by atoms with Crippen molar-refractivity contribution in [3.05, 3.63) is 43.2 Å². The van der Waals surface area contributed by atoms with Gasteiger partial charge in [0, 0.05) is 0 Å². The average Bonchev–Trinajstić information content (AvgIpc) is 3.12. The van der Waals surface area contributed by atoms with Crippen molar-refractivity contribution in [2.24, 2.45) is 0 Å². The first-order valence-electron chi connectivity index (χ1n) is 9.24. The van der Waals surface area contributed by atoms with E-state index < -0.39 is 14.0 Å². The molecule has 0 aromatic heterocycles. The molecule has 0 aromatic carbocycles. The third kappa shape index (κ3) is 5.24. The Morgan fingerprint density at radius 2 is 1.21 bits per heavy atom. The molecule has 0 aromatic rings. The number of rotatable bonds is 8. The molecule has 0 N–H and O–H groups in total. The molecule has 0 nitrogen and oxygen atoms in total. The standard InChI is InChI=1S/2C9H13.2CH3.2ClH.H2Si.Ti/c2*1-2-3-6-9-7-4-5-8-9;;;;;;/h2*4,7H,2-3,5-6H2,1H3;2*1H3;2*1H;1H2;. The summed E-state index contributed by atoms with van der Waals surface area (Å²) in [6, 6.07) is 0. The molecule has 0 saturated heterocycles. The van der Waals surface area contributed by atoms with E-state index in [1.807, 2.05) is 7.76 Å². The van der Waals surface area contributed by atoms with Gasteiger partial charge in [-0.1, -0.05) is 0 Å². The van der Waals surface area contributed by atoms with Crippen LogP contribution in [0.2, 0.25) is 10.5 Å². The monoisotopic (exact) mass is 422 g/mol. The molecule has 0 bridgehead atoms. The molecule has 2 aliphatic rings. The summed E-state index contributed by atoms with van der Waals surface area (Å²) >= 11 is -2.68. The number of hydrogen-bond acceptors (Lipinski definition) is 0. The minimum Gasteiger partial charge on any atom is -0.147 e. The second-order valence-electron chi connectivity index (χ2n) is 8.11. The second-order valence-corrected chi connectivity index (χ2v) is 27.1. The van der Waals surface area contributed by atoms with E-state index >= 15 is 0 Å². The Kier molecular flexibility index (Phi) is 10.2. The maximum absolute atomic E-state index is 2.68. The largest absolute Gasteiger partial charge is 0.147 e. The molecule has 2 aliphatic carbocycles. The predicted octanol–water partition coefficient (Wildman–Crippen LogP) is 6.97. The van der Waals surface area contributed by atoms with Gasteiger partial charge in [0.2, 0.25) is 0 Å². The fraction of sp³-hybridized carbons (Fsp3) is 0.600. The molecule has 0 spiro atoms. The van der Waals surface area contributed by atoms with Crippen LogP contribution in [0.5, 0.6) is 0 Å². The summed E-state index contributed by atoms with van der Waals surface area (Å²) in [7, 11) is 2.41. The van der Waals surface area contributed by atoms with E-state index in [2.05, 4.69) is 56.2 Å². The Morgan fingerprint density at radius 1 is 0.833 bits per heavy atom. The van der Waals surface area contributed by atoms with E-state index in [9.17, 15) is 0 Å². The third-order valence-corrected chi connectivity index (χ3v) is 16.8. The quantitative estimate of drug-likeness (QED) is 0.370. The van der Waals surface area contributed by atoms with Crippen LogP contribution in [-0.4, -0.2) is 7.63 Å². The molecule has 4 heteroatoms. The van der Waals surface area contributed by atoms with Crippen molar-refractivity contribution >= 4 is 32.4 Å². The minimum atomic E-state index is -2.68. The molecular formula is C20H36Cl2SiTi. The fourth-order valence-electron chi connectivity index (χ4n) is 4.17. The van der Waals surface area contributed by atoms with Crippen LogP contribution >= 0.6 is 24.8 Å². The molecule has 0 radical (unpaired) electrons. The van der Waals surface area contributed by atoms with Crippen molar-refractivity contribution in [3.8, 4) is 0 Å². The zero-order valence-corrected chi connectivity index (χ0v) is 20.6. The van der Waals surface area contributed by atoms with E-state index in [0.717, 1.165) is 0 Å². The van der Waals surface area contributed by atoms with Crippen LogP contribution < -0.4 is 0 Å². The van der Waals surface area contributed by atoms with E-state index in [1.165, 1.54) is 51.4 Å². The van der Waals surface area contributed by atoms with Gasteiger partial charge >= 0.3 is 141 Å². The Bertz CT molecular complexity index is 570. The van der Waals surface area contributed by atoms with Crippen molar-refractivity contribution in [3.63, 3.8) is 0 Å². The molecule has 0 fully saturated rings. The summed E-state index contributed by atoms with van der Waals surface area (Å²) in [6.45, 7) is 4.61. The summed E-state index contributed by atoms with van der Waals surface area (Å²) in [6.07, 6.45) is 20.1. The van der Waals surface area contributed by atoms with E-state index in [4.69, 9.17) is 0 Å². The van der Waals surface area contributed by atoms with E-state index in [0.29, 0.717) is 0 Å². The van der Waals surface area contributed by atoms with Crippen LogP contribution in [0.25, 0.3) is 0 Å². The zero-order valence-electron chi connectivity index (χ0n) is 16.0. The number of hydrogen-bond donors (Lipinski definition) is 0.